The van der Waals surface area contributed by atoms with E-state index in [1.165, 1.54) is 0 Å². The first kappa shape index (κ1) is 11.9. The van der Waals surface area contributed by atoms with E-state index in [1.807, 2.05) is 14.0 Å². The van der Waals surface area contributed by atoms with Crippen LogP contribution in [-0.4, -0.2) is 33.7 Å². The summed E-state index contributed by atoms with van der Waals surface area (Å²) in [6.07, 6.45) is 2.15. The number of hydrogen-bond acceptors (Lipinski definition) is 3. The summed E-state index contributed by atoms with van der Waals surface area (Å²) in [5, 5.41) is 15.3. The van der Waals surface area contributed by atoms with E-state index in [2.05, 4.69) is 5.10 Å². The molecule has 1 unspecified atom stereocenters. The van der Waals surface area contributed by atoms with E-state index in [1.54, 1.807) is 4.68 Å². The van der Waals surface area contributed by atoms with Gasteiger partial charge in [-0.05, 0) is 19.8 Å². The molecule has 90 valence electrons. The number of halogens is 1. The average molecular weight is 245 g/mol. The van der Waals surface area contributed by atoms with Gasteiger partial charge in [-0.25, -0.2) is 0 Å². The van der Waals surface area contributed by atoms with Crippen molar-refractivity contribution in [3.63, 3.8) is 0 Å². The molecule has 1 aliphatic heterocycles. The number of rotatable bonds is 2. The topological polar surface area (TPSA) is 47.3 Å². The third-order valence-corrected chi connectivity index (χ3v) is 3.55. The van der Waals surface area contributed by atoms with E-state index in [-0.39, 0.29) is 0 Å². The van der Waals surface area contributed by atoms with E-state index >= 15 is 0 Å². The summed E-state index contributed by atoms with van der Waals surface area (Å²) >= 11 is 6.16. The molecule has 1 aromatic rings. The third-order valence-electron chi connectivity index (χ3n) is 3.06. The normalized spacial score (nSPS) is 26.0. The Morgan fingerprint density at radius 3 is 2.88 bits per heavy atom. The molecule has 1 N–H and O–H groups in total. The molecule has 1 fully saturated rings. The monoisotopic (exact) mass is 244 g/mol. The minimum atomic E-state index is -0.790. The maximum absolute atomic E-state index is 10.4. The van der Waals surface area contributed by atoms with Crippen LogP contribution in [0.4, 0.5) is 0 Å². The molecular weight excluding hydrogens is 228 g/mol. The Labute approximate surface area is 100 Å². The van der Waals surface area contributed by atoms with E-state index in [9.17, 15) is 5.11 Å². The van der Waals surface area contributed by atoms with E-state index < -0.39 is 5.60 Å². The van der Waals surface area contributed by atoms with Crippen LogP contribution >= 0.6 is 11.6 Å². The number of aryl methyl sites for hydroxylation is 2. The minimum absolute atomic E-state index is 0.382. The van der Waals surface area contributed by atoms with Gasteiger partial charge in [-0.15, -0.1) is 0 Å². The lowest BCUT2D eigenvalue weighted by Gasteiger charge is -2.31. The molecule has 2 rings (SSSR count). The first-order chi connectivity index (χ1) is 7.52. The summed E-state index contributed by atoms with van der Waals surface area (Å²) in [5.74, 6) is 0. The third kappa shape index (κ3) is 2.24. The lowest BCUT2D eigenvalue weighted by atomic mass is 9.91. The fourth-order valence-electron chi connectivity index (χ4n) is 2.16. The van der Waals surface area contributed by atoms with E-state index in [0.29, 0.717) is 18.1 Å². The summed E-state index contributed by atoms with van der Waals surface area (Å²) in [6.45, 7) is 2.99. The summed E-state index contributed by atoms with van der Waals surface area (Å²) < 4.78 is 7.06. The second-order valence-corrected chi connectivity index (χ2v) is 4.90. The molecule has 0 saturated carbocycles. The molecule has 2 heterocycles. The number of hydrogen-bond donors (Lipinski definition) is 1. The molecular formula is C11H17ClN2O2. The van der Waals surface area contributed by atoms with Crippen LogP contribution in [0.2, 0.25) is 5.02 Å². The maximum atomic E-state index is 10.4. The van der Waals surface area contributed by atoms with Crippen molar-refractivity contribution in [2.45, 2.75) is 31.8 Å². The average Bonchev–Trinajstić information content (AvgIpc) is 2.46. The fraction of sp³-hybridized carbons (Fsp3) is 0.727. The van der Waals surface area contributed by atoms with Crippen molar-refractivity contribution in [2.24, 2.45) is 7.05 Å². The quantitative estimate of drug-likeness (QED) is 0.857. The van der Waals surface area contributed by atoms with Crippen molar-refractivity contribution in [1.82, 2.24) is 9.78 Å². The lowest BCUT2D eigenvalue weighted by molar-refractivity contribution is -0.0853. The molecule has 1 aliphatic rings. The van der Waals surface area contributed by atoms with Crippen LogP contribution in [0.1, 0.15) is 24.2 Å². The Hall–Kier alpha value is -0.580. The molecule has 0 aliphatic carbocycles. The Kier molecular flexibility index (Phi) is 3.24. The van der Waals surface area contributed by atoms with Gasteiger partial charge in [0.15, 0.2) is 0 Å². The second kappa shape index (κ2) is 4.35. The zero-order chi connectivity index (χ0) is 11.8. The van der Waals surface area contributed by atoms with Gasteiger partial charge >= 0.3 is 0 Å². The zero-order valence-electron chi connectivity index (χ0n) is 9.66. The van der Waals surface area contributed by atoms with Crippen LogP contribution in [0.5, 0.6) is 0 Å². The predicted octanol–water partition coefficient (Wildman–Crippen LogP) is 1.47. The summed E-state index contributed by atoms with van der Waals surface area (Å²) in [6, 6.07) is 0. The van der Waals surface area contributed by atoms with Crippen molar-refractivity contribution in [2.75, 3.05) is 13.2 Å². The van der Waals surface area contributed by atoms with Crippen molar-refractivity contribution in [3.8, 4) is 0 Å². The van der Waals surface area contributed by atoms with Crippen LogP contribution < -0.4 is 0 Å². The molecule has 1 saturated heterocycles. The van der Waals surface area contributed by atoms with Crippen molar-refractivity contribution in [3.05, 3.63) is 16.4 Å². The van der Waals surface area contributed by atoms with Gasteiger partial charge in [-0.1, -0.05) is 11.6 Å². The van der Waals surface area contributed by atoms with Gasteiger partial charge in [0.2, 0.25) is 0 Å². The smallest absolute Gasteiger partial charge is 0.0936 e. The van der Waals surface area contributed by atoms with Crippen LogP contribution in [0, 0.1) is 6.92 Å². The highest BCUT2D eigenvalue weighted by atomic mass is 35.5. The zero-order valence-corrected chi connectivity index (χ0v) is 10.4. The Bertz CT molecular complexity index is 384. The highest BCUT2D eigenvalue weighted by molar-refractivity contribution is 6.31. The summed E-state index contributed by atoms with van der Waals surface area (Å²) in [7, 11) is 1.85. The van der Waals surface area contributed by atoms with Gasteiger partial charge < -0.3 is 9.84 Å². The molecule has 0 spiro atoms. The molecule has 16 heavy (non-hydrogen) atoms. The first-order valence-electron chi connectivity index (χ1n) is 5.50. The van der Waals surface area contributed by atoms with Crippen molar-refractivity contribution in [1.29, 1.82) is 0 Å². The van der Waals surface area contributed by atoms with Crippen LogP contribution in [0.15, 0.2) is 0 Å². The van der Waals surface area contributed by atoms with Crippen LogP contribution in [-0.2, 0) is 18.2 Å². The number of aromatic nitrogens is 2. The summed E-state index contributed by atoms with van der Waals surface area (Å²) in [4.78, 5) is 0. The Balaban J connectivity index is 2.19. The number of ether oxygens (including phenoxy) is 1. The molecule has 1 aromatic heterocycles. The van der Waals surface area contributed by atoms with Gasteiger partial charge in [0.05, 0.1) is 28.6 Å². The van der Waals surface area contributed by atoms with Gasteiger partial charge in [0.1, 0.15) is 0 Å². The van der Waals surface area contributed by atoms with E-state index in [4.69, 9.17) is 16.3 Å². The highest BCUT2D eigenvalue weighted by Gasteiger charge is 2.32. The minimum Gasteiger partial charge on any atom is -0.387 e. The van der Waals surface area contributed by atoms with Gasteiger partial charge in [-0.3, -0.25) is 4.68 Å². The second-order valence-electron chi connectivity index (χ2n) is 4.53. The molecule has 0 amide bonds. The first-order valence-corrected chi connectivity index (χ1v) is 5.88. The molecule has 5 heteroatoms. The van der Waals surface area contributed by atoms with Crippen LogP contribution in [0.3, 0.4) is 0 Å². The maximum Gasteiger partial charge on any atom is 0.0936 e. The number of aliphatic hydroxyl groups is 1. The predicted molar refractivity (Wildman–Crippen MR) is 61.7 cm³/mol. The van der Waals surface area contributed by atoms with E-state index in [0.717, 1.165) is 30.8 Å². The standard InChI is InChI=1S/C11H17ClN2O2/c1-8-10(12)9(14(2)13-8)6-11(15)4-3-5-16-7-11/h15H,3-7H2,1-2H3. The van der Waals surface area contributed by atoms with Gasteiger partial charge in [-0.2, -0.15) is 5.10 Å². The van der Waals surface area contributed by atoms with Crippen molar-refractivity contribution >= 4 is 11.6 Å². The molecule has 0 bridgehead atoms. The molecule has 4 nitrogen and oxygen atoms in total. The van der Waals surface area contributed by atoms with Gasteiger partial charge in [0.25, 0.3) is 0 Å². The largest absolute Gasteiger partial charge is 0.387 e. The Morgan fingerprint density at radius 2 is 2.38 bits per heavy atom. The number of nitrogens with zero attached hydrogens (tertiary/aromatic N) is 2. The molecule has 0 radical (unpaired) electrons. The SMILES string of the molecule is Cc1nn(C)c(CC2(O)CCCOC2)c1Cl. The Morgan fingerprint density at radius 1 is 1.62 bits per heavy atom. The highest BCUT2D eigenvalue weighted by Crippen LogP contribution is 2.28. The fourth-order valence-corrected chi connectivity index (χ4v) is 2.39. The molecule has 0 aromatic carbocycles. The lowest BCUT2D eigenvalue weighted by Crippen LogP contribution is -2.41. The van der Waals surface area contributed by atoms with Crippen molar-refractivity contribution < 1.29 is 9.84 Å². The van der Waals surface area contributed by atoms with Gasteiger partial charge in [0, 0.05) is 20.1 Å². The summed E-state index contributed by atoms with van der Waals surface area (Å²) in [5.41, 5.74) is 0.897. The molecule has 1 atom stereocenters. The van der Waals surface area contributed by atoms with Crippen LogP contribution in [0.25, 0.3) is 0 Å².